The highest BCUT2D eigenvalue weighted by atomic mass is 16.6. The van der Waals surface area contributed by atoms with E-state index in [9.17, 15) is 14.4 Å². The van der Waals surface area contributed by atoms with Crippen LogP contribution >= 0.6 is 0 Å². The molecule has 0 spiro atoms. The third-order valence-electron chi connectivity index (χ3n) is 3.64. The molecule has 1 heterocycles. The first-order valence-electron chi connectivity index (χ1n) is 8.57. The smallest absolute Gasteiger partial charge is 0.414 e. The standard InChI is InChI=1S/C18H25N3O6/c1-18(2,3)26-11-16(24)19-8-14-9-21(17(25)27-14)13-6-4-12(5-7-13)20-15(23)10-22/h4-7,14,22H,8-11H2,1-3H3,(H,19,24)(H,20,23)/t14-/m0/s1. The summed E-state index contributed by atoms with van der Waals surface area (Å²) in [5, 5.41) is 13.9. The number of amides is 3. The van der Waals surface area contributed by atoms with E-state index in [1.165, 1.54) is 4.90 Å². The van der Waals surface area contributed by atoms with Crippen molar-refractivity contribution in [3.63, 3.8) is 0 Å². The summed E-state index contributed by atoms with van der Waals surface area (Å²) in [5.74, 6) is -0.794. The van der Waals surface area contributed by atoms with Gasteiger partial charge in [-0.1, -0.05) is 0 Å². The average Bonchev–Trinajstić information content (AvgIpc) is 2.99. The predicted octanol–water partition coefficient (Wildman–Crippen LogP) is 0.874. The number of anilines is 2. The summed E-state index contributed by atoms with van der Waals surface area (Å²) in [6.45, 7) is 5.40. The Kier molecular flexibility index (Phi) is 6.75. The van der Waals surface area contributed by atoms with Crippen LogP contribution < -0.4 is 15.5 Å². The van der Waals surface area contributed by atoms with E-state index in [0.717, 1.165) is 0 Å². The van der Waals surface area contributed by atoms with Gasteiger partial charge < -0.3 is 25.2 Å². The van der Waals surface area contributed by atoms with Crippen molar-refractivity contribution in [2.75, 3.05) is 36.5 Å². The van der Waals surface area contributed by atoms with Crippen LogP contribution in [0.15, 0.2) is 24.3 Å². The summed E-state index contributed by atoms with van der Waals surface area (Å²) in [5.41, 5.74) is 0.705. The molecule has 0 radical (unpaired) electrons. The Morgan fingerprint density at radius 2 is 1.93 bits per heavy atom. The minimum absolute atomic E-state index is 0.0606. The van der Waals surface area contributed by atoms with E-state index in [-0.39, 0.29) is 19.1 Å². The number of aliphatic hydroxyl groups is 1. The van der Waals surface area contributed by atoms with E-state index < -0.39 is 30.3 Å². The maximum absolute atomic E-state index is 12.1. The topological polar surface area (TPSA) is 117 Å². The molecule has 1 aliphatic rings. The van der Waals surface area contributed by atoms with Crippen LogP contribution in [0.5, 0.6) is 0 Å². The van der Waals surface area contributed by atoms with Crippen LogP contribution in [-0.4, -0.2) is 61.0 Å². The van der Waals surface area contributed by atoms with Gasteiger partial charge in [-0.15, -0.1) is 0 Å². The van der Waals surface area contributed by atoms with Gasteiger partial charge in [0.1, 0.15) is 19.3 Å². The third-order valence-corrected chi connectivity index (χ3v) is 3.64. The Morgan fingerprint density at radius 1 is 1.26 bits per heavy atom. The number of rotatable bonds is 7. The van der Waals surface area contributed by atoms with Crippen molar-refractivity contribution in [1.29, 1.82) is 0 Å². The molecule has 0 aliphatic carbocycles. The molecule has 0 bridgehead atoms. The second-order valence-electron chi connectivity index (χ2n) is 7.07. The summed E-state index contributed by atoms with van der Waals surface area (Å²) in [4.78, 5) is 36.4. The predicted molar refractivity (Wildman–Crippen MR) is 98.5 cm³/mol. The molecule has 148 valence electrons. The highest BCUT2D eigenvalue weighted by Crippen LogP contribution is 2.23. The number of aliphatic hydroxyl groups excluding tert-OH is 1. The van der Waals surface area contributed by atoms with Gasteiger partial charge in [0, 0.05) is 11.4 Å². The number of nitrogens with one attached hydrogen (secondary N) is 2. The lowest BCUT2D eigenvalue weighted by Crippen LogP contribution is -2.38. The molecular formula is C18H25N3O6. The SMILES string of the molecule is CC(C)(C)OCC(=O)NC[C@H]1CN(c2ccc(NC(=O)CO)cc2)C(=O)O1. The largest absolute Gasteiger partial charge is 0.442 e. The maximum atomic E-state index is 12.1. The average molecular weight is 379 g/mol. The van der Waals surface area contributed by atoms with Crippen molar-refractivity contribution in [3.05, 3.63) is 24.3 Å². The van der Waals surface area contributed by atoms with E-state index >= 15 is 0 Å². The molecule has 3 amide bonds. The van der Waals surface area contributed by atoms with E-state index in [1.54, 1.807) is 24.3 Å². The van der Waals surface area contributed by atoms with Gasteiger partial charge in [-0.25, -0.2) is 4.79 Å². The summed E-state index contributed by atoms with van der Waals surface area (Å²) < 4.78 is 10.7. The molecule has 0 aromatic heterocycles. The Bertz CT molecular complexity index is 683. The molecule has 1 atom stereocenters. The first-order valence-corrected chi connectivity index (χ1v) is 8.57. The molecule has 0 unspecified atom stereocenters. The lowest BCUT2D eigenvalue weighted by atomic mass is 10.2. The molecule has 1 aliphatic heterocycles. The molecule has 3 N–H and O–H groups in total. The zero-order valence-electron chi connectivity index (χ0n) is 15.7. The Balaban J connectivity index is 1.84. The summed E-state index contributed by atoms with van der Waals surface area (Å²) in [6.07, 6.45) is -0.975. The molecular weight excluding hydrogens is 354 g/mol. The van der Waals surface area contributed by atoms with Crippen molar-refractivity contribution >= 4 is 29.3 Å². The van der Waals surface area contributed by atoms with Gasteiger partial charge in [-0.2, -0.15) is 0 Å². The van der Waals surface area contributed by atoms with E-state index in [4.69, 9.17) is 14.6 Å². The van der Waals surface area contributed by atoms with Gasteiger partial charge in [0.2, 0.25) is 11.8 Å². The van der Waals surface area contributed by atoms with Crippen molar-refractivity contribution < 1.29 is 29.0 Å². The van der Waals surface area contributed by atoms with Crippen LogP contribution in [0.25, 0.3) is 0 Å². The molecule has 1 saturated heterocycles. The third kappa shape index (κ3) is 6.54. The van der Waals surface area contributed by atoms with Crippen molar-refractivity contribution in [2.45, 2.75) is 32.5 Å². The van der Waals surface area contributed by atoms with Crippen molar-refractivity contribution in [1.82, 2.24) is 5.32 Å². The van der Waals surface area contributed by atoms with E-state index in [2.05, 4.69) is 10.6 Å². The van der Waals surface area contributed by atoms with Crippen LogP contribution in [0.2, 0.25) is 0 Å². The Hall–Kier alpha value is -2.65. The lowest BCUT2D eigenvalue weighted by molar-refractivity contribution is -0.130. The van der Waals surface area contributed by atoms with Gasteiger partial charge in [-0.3, -0.25) is 14.5 Å². The number of benzene rings is 1. The first-order chi connectivity index (χ1) is 12.7. The molecule has 1 aromatic carbocycles. The number of hydrogen-bond acceptors (Lipinski definition) is 6. The second kappa shape index (κ2) is 8.83. The fourth-order valence-corrected chi connectivity index (χ4v) is 2.32. The normalized spacial score (nSPS) is 16.8. The van der Waals surface area contributed by atoms with Gasteiger partial charge in [-0.05, 0) is 45.0 Å². The van der Waals surface area contributed by atoms with Crippen molar-refractivity contribution in [3.8, 4) is 0 Å². The zero-order chi connectivity index (χ0) is 20.0. The summed E-state index contributed by atoms with van der Waals surface area (Å²) in [7, 11) is 0. The number of carbonyl (C=O) groups is 3. The summed E-state index contributed by atoms with van der Waals surface area (Å²) >= 11 is 0. The Labute approximate surface area is 157 Å². The molecule has 2 rings (SSSR count). The highest BCUT2D eigenvalue weighted by molar-refractivity contribution is 5.93. The number of nitrogens with zero attached hydrogens (tertiary/aromatic N) is 1. The van der Waals surface area contributed by atoms with Crippen LogP contribution in [0.3, 0.4) is 0 Å². The van der Waals surface area contributed by atoms with Crippen LogP contribution in [-0.2, 0) is 19.1 Å². The second-order valence-corrected chi connectivity index (χ2v) is 7.07. The number of cyclic esters (lactones) is 1. The van der Waals surface area contributed by atoms with Crippen LogP contribution in [0, 0.1) is 0 Å². The quantitative estimate of drug-likeness (QED) is 0.647. The number of hydrogen-bond donors (Lipinski definition) is 3. The van der Waals surface area contributed by atoms with Crippen LogP contribution in [0.4, 0.5) is 16.2 Å². The van der Waals surface area contributed by atoms with Gasteiger partial charge in [0.15, 0.2) is 0 Å². The Morgan fingerprint density at radius 3 is 2.52 bits per heavy atom. The van der Waals surface area contributed by atoms with Gasteiger partial charge >= 0.3 is 6.09 Å². The fraction of sp³-hybridized carbons (Fsp3) is 0.500. The summed E-state index contributed by atoms with van der Waals surface area (Å²) in [6, 6.07) is 6.56. The van der Waals surface area contributed by atoms with Crippen molar-refractivity contribution in [2.24, 2.45) is 0 Å². The van der Waals surface area contributed by atoms with E-state index in [0.29, 0.717) is 17.9 Å². The molecule has 9 heteroatoms. The van der Waals surface area contributed by atoms with Crippen LogP contribution in [0.1, 0.15) is 20.8 Å². The maximum Gasteiger partial charge on any atom is 0.414 e. The fourth-order valence-electron chi connectivity index (χ4n) is 2.32. The van der Waals surface area contributed by atoms with Gasteiger partial charge in [0.25, 0.3) is 0 Å². The van der Waals surface area contributed by atoms with Gasteiger partial charge in [0.05, 0.1) is 18.7 Å². The minimum atomic E-state index is -0.603. The molecule has 1 aromatic rings. The monoisotopic (exact) mass is 379 g/mol. The molecule has 9 nitrogen and oxygen atoms in total. The lowest BCUT2D eigenvalue weighted by Gasteiger charge is -2.19. The highest BCUT2D eigenvalue weighted by Gasteiger charge is 2.32. The first kappa shape index (κ1) is 20.7. The minimum Gasteiger partial charge on any atom is -0.442 e. The number of carbonyl (C=O) groups excluding carboxylic acids is 3. The van der Waals surface area contributed by atoms with E-state index in [1.807, 2.05) is 20.8 Å². The zero-order valence-corrected chi connectivity index (χ0v) is 15.7. The molecule has 1 fully saturated rings. The molecule has 0 saturated carbocycles. The molecule has 27 heavy (non-hydrogen) atoms. The number of ether oxygens (including phenoxy) is 2.